The van der Waals surface area contributed by atoms with E-state index in [1.807, 2.05) is 6.07 Å². The molecule has 0 aromatic heterocycles. The zero-order valence-corrected chi connectivity index (χ0v) is 12.9. The fourth-order valence-electron chi connectivity index (χ4n) is 1.58. The number of halogens is 3. The van der Waals surface area contributed by atoms with Crippen LogP contribution in [0.4, 0.5) is 10.1 Å². The van der Waals surface area contributed by atoms with E-state index in [0.717, 1.165) is 10.0 Å². The quantitative estimate of drug-likeness (QED) is 0.834. The number of rotatable bonds is 3. The van der Waals surface area contributed by atoms with Crippen molar-refractivity contribution in [1.82, 2.24) is 0 Å². The molecular formula is C13H10BrClFNOS. The van der Waals surface area contributed by atoms with Crippen LogP contribution < -0.4 is 5.73 Å². The van der Waals surface area contributed by atoms with Crippen molar-refractivity contribution in [1.29, 1.82) is 0 Å². The second-order valence-electron chi connectivity index (χ2n) is 3.95. The first-order valence-electron chi connectivity index (χ1n) is 5.34. The molecule has 1 unspecified atom stereocenters. The van der Waals surface area contributed by atoms with Gasteiger partial charge in [-0.1, -0.05) is 33.6 Å². The highest BCUT2D eigenvalue weighted by Crippen LogP contribution is 2.24. The minimum absolute atomic E-state index is 0.217. The van der Waals surface area contributed by atoms with Gasteiger partial charge in [0.25, 0.3) is 0 Å². The lowest BCUT2D eigenvalue weighted by Gasteiger charge is -2.06. The Morgan fingerprint density at radius 3 is 2.63 bits per heavy atom. The van der Waals surface area contributed by atoms with E-state index < -0.39 is 16.6 Å². The van der Waals surface area contributed by atoms with Gasteiger partial charge >= 0.3 is 0 Å². The Balaban J connectivity index is 2.25. The van der Waals surface area contributed by atoms with Crippen molar-refractivity contribution in [2.75, 3.05) is 5.73 Å². The molecule has 0 fully saturated rings. The van der Waals surface area contributed by atoms with E-state index in [1.165, 1.54) is 18.2 Å². The van der Waals surface area contributed by atoms with Crippen LogP contribution in [0, 0.1) is 5.82 Å². The molecule has 19 heavy (non-hydrogen) atoms. The summed E-state index contributed by atoms with van der Waals surface area (Å²) in [5.41, 5.74) is 6.53. The number of nitrogens with two attached hydrogens (primary N) is 1. The summed E-state index contributed by atoms with van der Waals surface area (Å²) in [6.07, 6.45) is 0. The Morgan fingerprint density at radius 1 is 1.26 bits per heavy atom. The third-order valence-corrected chi connectivity index (χ3v) is 4.64. The molecule has 2 rings (SSSR count). The van der Waals surface area contributed by atoms with Gasteiger partial charge in [0, 0.05) is 20.1 Å². The molecule has 0 saturated heterocycles. The number of hydrogen-bond donors (Lipinski definition) is 1. The first-order valence-corrected chi connectivity index (χ1v) is 7.83. The molecule has 2 aromatic rings. The predicted octanol–water partition coefficient (Wildman–Crippen LogP) is 4.13. The van der Waals surface area contributed by atoms with Crippen LogP contribution in [0.5, 0.6) is 0 Å². The summed E-state index contributed by atoms with van der Waals surface area (Å²) in [4.78, 5) is 0.358. The minimum Gasteiger partial charge on any atom is -0.399 e. The molecule has 6 heteroatoms. The second-order valence-corrected chi connectivity index (χ2v) is 6.72. The van der Waals surface area contributed by atoms with E-state index >= 15 is 0 Å². The Bertz CT molecular complexity index is 630. The van der Waals surface area contributed by atoms with Crippen LogP contribution in [0.25, 0.3) is 0 Å². The zero-order chi connectivity index (χ0) is 14.0. The average molecular weight is 363 g/mol. The Kier molecular flexibility index (Phi) is 4.60. The number of hydrogen-bond acceptors (Lipinski definition) is 2. The minimum atomic E-state index is -1.39. The third-order valence-electron chi connectivity index (χ3n) is 2.46. The molecule has 0 radical (unpaired) electrons. The fraction of sp³-hybridized carbons (Fsp3) is 0.0769. The van der Waals surface area contributed by atoms with E-state index in [-0.39, 0.29) is 11.4 Å². The van der Waals surface area contributed by atoms with Gasteiger partial charge in [0.2, 0.25) is 0 Å². The normalized spacial score (nSPS) is 12.4. The standard InChI is InChI=1S/C13H10BrClFNOS/c14-9-2-1-8(13(15)3-9)7-19(18)12-5-10(16)4-11(17)6-12/h1-6H,7,17H2. The largest absolute Gasteiger partial charge is 0.399 e. The lowest BCUT2D eigenvalue weighted by atomic mass is 10.2. The number of anilines is 1. The van der Waals surface area contributed by atoms with Crippen molar-refractivity contribution < 1.29 is 8.60 Å². The maximum absolute atomic E-state index is 13.2. The third kappa shape index (κ3) is 3.78. The van der Waals surface area contributed by atoms with Gasteiger partial charge in [-0.2, -0.15) is 0 Å². The predicted molar refractivity (Wildman–Crippen MR) is 80.1 cm³/mol. The van der Waals surface area contributed by atoms with Crippen LogP contribution in [0.1, 0.15) is 5.56 Å². The van der Waals surface area contributed by atoms with Crippen LogP contribution in [0.2, 0.25) is 5.02 Å². The zero-order valence-electron chi connectivity index (χ0n) is 9.70. The van der Waals surface area contributed by atoms with Crippen molar-refractivity contribution in [3.8, 4) is 0 Å². The van der Waals surface area contributed by atoms with Crippen LogP contribution in [-0.2, 0) is 16.6 Å². The van der Waals surface area contributed by atoms with Crippen LogP contribution in [0.15, 0.2) is 45.8 Å². The maximum Gasteiger partial charge on any atom is 0.126 e. The second kappa shape index (κ2) is 6.03. The summed E-state index contributed by atoms with van der Waals surface area (Å²) in [7, 11) is -1.39. The molecular weight excluding hydrogens is 353 g/mol. The van der Waals surface area contributed by atoms with Gasteiger partial charge in [-0.25, -0.2) is 4.39 Å². The number of benzene rings is 2. The lowest BCUT2D eigenvalue weighted by Crippen LogP contribution is -1.99. The van der Waals surface area contributed by atoms with E-state index in [2.05, 4.69) is 15.9 Å². The van der Waals surface area contributed by atoms with Gasteiger partial charge in [-0.15, -0.1) is 0 Å². The molecule has 0 aliphatic rings. The molecule has 100 valence electrons. The van der Waals surface area contributed by atoms with E-state index in [4.69, 9.17) is 17.3 Å². The summed E-state index contributed by atoms with van der Waals surface area (Å²) in [5.74, 6) is -0.278. The molecule has 0 aliphatic heterocycles. The monoisotopic (exact) mass is 361 g/mol. The molecule has 0 heterocycles. The molecule has 0 aliphatic carbocycles. The van der Waals surface area contributed by atoms with Crippen molar-refractivity contribution in [2.24, 2.45) is 0 Å². The van der Waals surface area contributed by atoms with Crippen molar-refractivity contribution in [3.63, 3.8) is 0 Å². The van der Waals surface area contributed by atoms with E-state index in [0.29, 0.717) is 9.92 Å². The Hall–Kier alpha value is -0.910. The van der Waals surface area contributed by atoms with E-state index in [1.54, 1.807) is 12.1 Å². The molecule has 2 aromatic carbocycles. The van der Waals surface area contributed by atoms with Gasteiger partial charge in [0.15, 0.2) is 0 Å². The summed E-state index contributed by atoms with van der Waals surface area (Å²) in [5, 5.41) is 0.520. The molecule has 0 bridgehead atoms. The van der Waals surface area contributed by atoms with Gasteiger partial charge in [-0.05, 0) is 35.9 Å². The SMILES string of the molecule is Nc1cc(F)cc(S(=O)Cc2ccc(Br)cc2Cl)c1. The van der Waals surface area contributed by atoms with Crippen LogP contribution in [-0.4, -0.2) is 4.21 Å². The van der Waals surface area contributed by atoms with Crippen molar-refractivity contribution in [3.05, 3.63) is 57.3 Å². The highest BCUT2D eigenvalue weighted by molar-refractivity contribution is 9.10. The van der Waals surface area contributed by atoms with Gasteiger partial charge in [-0.3, -0.25) is 4.21 Å². The average Bonchev–Trinajstić information content (AvgIpc) is 2.31. The van der Waals surface area contributed by atoms with Crippen LogP contribution >= 0.6 is 27.5 Å². The first kappa shape index (κ1) is 14.5. The smallest absolute Gasteiger partial charge is 0.126 e. The lowest BCUT2D eigenvalue weighted by molar-refractivity contribution is 0.623. The highest BCUT2D eigenvalue weighted by Gasteiger charge is 2.10. The topological polar surface area (TPSA) is 43.1 Å². The summed E-state index contributed by atoms with van der Waals surface area (Å²) in [6.45, 7) is 0. The highest BCUT2D eigenvalue weighted by atomic mass is 79.9. The Morgan fingerprint density at radius 2 is 2.00 bits per heavy atom. The molecule has 2 nitrogen and oxygen atoms in total. The summed E-state index contributed by atoms with van der Waals surface area (Å²) in [6, 6.07) is 9.25. The maximum atomic E-state index is 13.2. The molecule has 0 amide bonds. The van der Waals surface area contributed by atoms with Gasteiger partial charge in [0.1, 0.15) is 5.82 Å². The van der Waals surface area contributed by atoms with Crippen molar-refractivity contribution in [2.45, 2.75) is 10.6 Å². The molecule has 2 N–H and O–H groups in total. The van der Waals surface area contributed by atoms with Gasteiger partial charge in [0.05, 0.1) is 16.6 Å². The van der Waals surface area contributed by atoms with Gasteiger partial charge < -0.3 is 5.73 Å². The first-order chi connectivity index (χ1) is 8.95. The van der Waals surface area contributed by atoms with E-state index in [9.17, 15) is 8.60 Å². The Labute approximate surface area is 126 Å². The van der Waals surface area contributed by atoms with Crippen molar-refractivity contribution >= 4 is 44.0 Å². The molecule has 0 spiro atoms. The summed E-state index contributed by atoms with van der Waals surface area (Å²) < 4.78 is 26.2. The molecule has 1 atom stereocenters. The van der Waals surface area contributed by atoms with Crippen LogP contribution in [0.3, 0.4) is 0 Å². The fourth-order valence-corrected chi connectivity index (χ4v) is 3.61. The number of nitrogen functional groups attached to an aromatic ring is 1. The summed E-state index contributed by atoms with van der Waals surface area (Å²) >= 11 is 9.36. The molecule has 0 saturated carbocycles.